The third kappa shape index (κ3) is 3.16. The zero-order valence-corrected chi connectivity index (χ0v) is 9.63. The molecule has 0 aliphatic heterocycles. The molecule has 2 rings (SSSR count). The molecule has 0 aliphatic rings. The number of carbonyl (C=O) groups excluding carboxylic acids is 1. The summed E-state index contributed by atoms with van der Waals surface area (Å²) >= 11 is 0. The molecular formula is C14H11N3O. The highest BCUT2D eigenvalue weighted by Gasteiger charge is 2.04. The Morgan fingerprint density at radius 2 is 1.94 bits per heavy atom. The summed E-state index contributed by atoms with van der Waals surface area (Å²) in [5, 5.41) is 10.2. The van der Waals surface area contributed by atoms with Gasteiger partial charge in [-0.05, 0) is 23.6 Å². The lowest BCUT2D eigenvalue weighted by Gasteiger charge is -2.03. The molecule has 4 nitrogen and oxygen atoms in total. The third-order valence-electron chi connectivity index (χ3n) is 2.29. The zero-order valence-electron chi connectivity index (χ0n) is 9.63. The van der Waals surface area contributed by atoms with E-state index in [0.29, 0.717) is 17.9 Å². The van der Waals surface area contributed by atoms with Crippen LogP contribution in [0.5, 0.6) is 0 Å². The molecule has 0 atom stereocenters. The van der Waals surface area contributed by atoms with Gasteiger partial charge in [0.15, 0.2) is 5.82 Å². The molecule has 88 valence electrons. The zero-order chi connectivity index (χ0) is 12.8. The Balaban J connectivity index is 1.97. The Morgan fingerprint density at radius 1 is 1.17 bits per heavy atom. The number of benzene rings is 1. The lowest BCUT2D eigenvalue weighted by Crippen LogP contribution is -2.15. The number of terminal acetylenes is 1. The van der Waals surface area contributed by atoms with E-state index in [0.717, 1.165) is 5.56 Å². The monoisotopic (exact) mass is 237 g/mol. The van der Waals surface area contributed by atoms with Crippen LogP contribution >= 0.6 is 0 Å². The van der Waals surface area contributed by atoms with Crippen LogP contribution in [0.4, 0.5) is 5.82 Å². The maximum absolute atomic E-state index is 11.7. The first-order valence-corrected chi connectivity index (χ1v) is 5.42. The van der Waals surface area contributed by atoms with Crippen molar-refractivity contribution >= 4 is 11.7 Å². The number of anilines is 1. The summed E-state index contributed by atoms with van der Waals surface area (Å²) in [4.78, 5) is 11.7. The normalized spacial score (nSPS) is 9.50. The summed E-state index contributed by atoms with van der Waals surface area (Å²) in [6, 6.07) is 12.7. The van der Waals surface area contributed by atoms with Gasteiger partial charge < -0.3 is 5.32 Å². The molecule has 0 bridgehead atoms. The van der Waals surface area contributed by atoms with Crippen molar-refractivity contribution in [1.82, 2.24) is 10.2 Å². The number of nitrogens with one attached hydrogen (secondary N) is 1. The highest BCUT2D eigenvalue weighted by atomic mass is 16.1. The Hall–Kier alpha value is -2.67. The first-order chi connectivity index (χ1) is 8.78. The maximum Gasteiger partial charge on any atom is 0.229 e. The van der Waals surface area contributed by atoms with Crippen molar-refractivity contribution in [3.05, 3.63) is 53.7 Å². The number of aromatic nitrogens is 2. The molecular weight excluding hydrogens is 226 g/mol. The van der Waals surface area contributed by atoms with Crippen LogP contribution in [0.3, 0.4) is 0 Å². The molecule has 0 spiro atoms. The topological polar surface area (TPSA) is 54.9 Å². The summed E-state index contributed by atoms with van der Waals surface area (Å²) in [5.74, 6) is 2.62. The van der Waals surface area contributed by atoms with E-state index < -0.39 is 0 Å². The highest BCUT2D eigenvalue weighted by molar-refractivity contribution is 5.91. The fourth-order valence-electron chi connectivity index (χ4n) is 1.44. The summed E-state index contributed by atoms with van der Waals surface area (Å²) in [5.41, 5.74) is 1.39. The number of carbonyl (C=O) groups is 1. The maximum atomic E-state index is 11.7. The second-order valence-corrected chi connectivity index (χ2v) is 3.66. The van der Waals surface area contributed by atoms with E-state index in [1.165, 1.54) is 0 Å². The molecule has 1 amide bonds. The van der Waals surface area contributed by atoms with Crippen LogP contribution in [-0.4, -0.2) is 16.1 Å². The standard InChI is InChI=1S/C14H11N3O/c1-2-12-8-9-13(17-16-12)15-14(18)10-11-6-4-3-5-7-11/h1,3-9H,10H2,(H,15,17,18). The van der Waals surface area contributed by atoms with Crippen LogP contribution in [0.1, 0.15) is 11.3 Å². The van der Waals surface area contributed by atoms with Gasteiger partial charge in [0.1, 0.15) is 5.69 Å². The van der Waals surface area contributed by atoms with Gasteiger partial charge in [-0.3, -0.25) is 4.79 Å². The van der Waals surface area contributed by atoms with Gasteiger partial charge in [0, 0.05) is 0 Å². The van der Waals surface area contributed by atoms with Crippen LogP contribution < -0.4 is 5.32 Å². The van der Waals surface area contributed by atoms with E-state index in [1.54, 1.807) is 12.1 Å². The Kier molecular flexibility index (Phi) is 3.67. The first kappa shape index (κ1) is 11.8. The quantitative estimate of drug-likeness (QED) is 0.826. The van der Waals surface area contributed by atoms with Crippen LogP contribution in [0, 0.1) is 12.3 Å². The van der Waals surface area contributed by atoms with Crippen molar-refractivity contribution in [3.63, 3.8) is 0 Å². The average molecular weight is 237 g/mol. The fraction of sp³-hybridized carbons (Fsp3) is 0.0714. The minimum atomic E-state index is -0.135. The predicted molar refractivity (Wildman–Crippen MR) is 68.7 cm³/mol. The van der Waals surface area contributed by atoms with E-state index >= 15 is 0 Å². The minimum Gasteiger partial charge on any atom is -0.309 e. The molecule has 2 aromatic rings. The van der Waals surface area contributed by atoms with E-state index in [4.69, 9.17) is 6.42 Å². The lowest BCUT2D eigenvalue weighted by atomic mass is 10.1. The second-order valence-electron chi connectivity index (χ2n) is 3.66. The molecule has 4 heteroatoms. The molecule has 0 unspecified atom stereocenters. The number of hydrogen-bond acceptors (Lipinski definition) is 3. The number of hydrogen-bond donors (Lipinski definition) is 1. The number of rotatable bonds is 3. The first-order valence-electron chi connectivity index (χ1n) is 5.42. The lowest BCUT2D eigenvalue weighted by molar-refractivity contribution is -0.115. The smallest absolute Gasteiger partial charge is 0.229 e. The third-order valence-corrected chi connectivity index (χ3v) is 2.29. The van der Waals surface area contributed by atoms with Gasteiger partial charge in [-0.15, -0.1) is 16.6 Å². The van der Waals surface area contributed by atoms with Crippen LogP contribution in [0.15, 0.2) is 42.5 Å². The summed E-state index contributed by atoms with van der Waals surface area (Å²) < 4.78 is 0. The molecule has 1 aromatic heterocycles. The van der Waals surface area contributed by atoms with Crippen molar-refractivity contribution in [1.29, 1.82) is 0 Å². The second kappa shape index (κ2) is 5.60. The van der Waals surface area contributed by atoms with Crippen molar-refractivity contribution in [2.45, 2.75) is 6.42 Å². The number of amides is 1. The van der Waals surface area contributed by atoms with Crippen molar-refractivity contribution in [2.75, 3.05) is 5.32 Å². The molecule has 18 heavy (non-hydrogen) atoms. The molecule has 1 N–H and O–H groups in total. The SMILES string of the molecule is C#Cc1ccc(NC(=O)Cc2ccccc2)nn1. The van der Waals surface area contributed by atoms with Crippen molar-refractivity contribution < 1.29 is 4.79 Å². The predicted octanol–water partition coefficient (Wildman–Crippen LogP) is 1.64. The summed E-state index contributed by atoms with van der Waals surface area (Å²) in [6.07, 6.45) is 5.47. The van der Waals surface area contributed by atoms with Gasteiger partial charge in [0.2, 0.25) is 5.91 Å². The van der Waals surface area contributed by atoms with Crippen LogP contribution in [0.25, 0.3) is 0 Å². The van der Waals surface area contributed by atoms with E-state index in [-0.39, 0.29) is 5.91 Å². The van der Waals surface area contributed by atoms with Crippen LogP contribution in [-0.2, 0) is 11.2 Å². The molecule has 0 saturated carbocycles. The minimum absolute atomic E-state index is 0.135. The van der Waals surface area contributed by atoms with E-state index in [2.05, 4.69) is 21.4 Å². The number of nitrogens with zero attached hydrogens (tertiary/aromatic N) is 2. The molecule has 0 saturated heterocycles. The average Bonchev–Trinajstić information content (AvgIpc) is 2.40. The van der Waals surface area contributed by atoms with Crippen molar-refractivity contribution in [3.8, 4) is 12.3 Å². The molecule has 1 aromatic carbocycles. The molecule has 1 heterocycles. The van der Waals surface area contributed by atoms with Crippen LogP contribution in [0.2, 0.25) is 0 Å². The van der Waals surface area contributed by atoms with Gasteiger partial charge >= 0.3 is 0 Å². The fourth-order valence-corrected chi connectivity index (χ4v) is 1.44. The highest BCUT2D eigenvalue weighted by Crippen LogP contribution is 2.04. The molecule has 0 aliphatic carbocycles. The van der Waals surface area contributed by atoms with Gasteiger partial charge in [0.05, 0.1) is 6.42 Å². The van der Waals surface area contributed by atoms with E-state index in [9.17, 15) is 4.79 Å². The Bertz CT molecular complexity index is 570. The molecule has 0 radical (unpaired) electrons. The van der Waals surface area contributed by atoms with Crippen molar-refractivity contribution in [2.24, 2.45) is 0 Å². The Morgan fingerprint density at radius 3 is 2.56 bits per heavy atom. The summed E-state index contributed by atoms with van der Waals surface area (Å²) in [6.45, 7) is 0. The Labute approximate surface area is 105 Å². The summed E-state index contributed by atoms with van der Waals surface area (Å²) in [7, 11) is 0. The molecule has 0 fully saturated rings. The van der Waals surface area contributed by atoms with Gasteiger partial charge in [-0.1, -0.05) is 30.3 Å². The van der Waals surface area contributed by atoms with Gasteiger partial charge in [0.25, 0.3) is 0 Å². The largest absolute Gasteiger partial charge is 0.309 e. The van der Waals surface area contributed by atoms with E-state index in [1.807, 2.05) is 30.3 Å². The van der Waals surface area contributed by atoms with Gasteiger partial charge in [-0.25, -0.2) is 0 Å². The van der Waals surface area contributed by atoms with Gasteiger partial charge in [-0.2, -0.15) is 0 Å².